The van der Waals surface area contributed by atoms with Crippen molar-refractivity contribution in [2.24, 2.45) is 0 Å². The minimum Gasteiger partial charge on any atom is -0.348 e. The molecule has 2 aromatic heterocycles. The molecule has 2 amide bonds. The van der Waals surface area contributed by atoms with Crippen molar-refractivity contribution in [2.75, 3.05) is 5.32 Å². The number of carbonyl (C=O) groups excluding carboxylic acids is 2. The molecule has 1 aromatic carbocycles. The summed E-state index contributed by atoms with van der Waals surface area (Å²) in [5, 5.41) is 22.7. The summed E-state index contributed by atoms with van der Waals surface area (Å²) in [6.45, 7) is 3.19. The van der Waals surface area contributed by atoms with Crippen molar-refractivity contribution in [3.8, 4) is 5.69 Å². The van der Waals surface area contributed by atoms with Crippen LogP contribution < -0.4 is 10.6 Å². The number of hydrogen-bond donors (Lipinski definition) is 2. The maximum atomic E-state index is 12.6. The number of hydrogen-bond acceptors (Lipinski definition) is 6. The monoisotopic (exact) mass is 413 g/mol. The SMILES string of the molecule is CC(=O)NC(CC(=O)Nc1cc(C)nn1-c1ccc([N+](=O)[O-])cc1)c1cccs1. The van der Waals surface area contributed by atoms with E-state index >= 15 is 0 Å². The van der Waals surface area contributed by atoms with Gasteiger partial charge in [0.15, 0.2) is 0 Å². The van der Waals surface area contributed by atoms with Gasteiger partial charge in [-0.3, -0.25) is 19.7 Å². The lowest BCUT2D eigenvalue weighted by Crippen LogP contribution is -2.29. The van der Waals surface area contributed by atoms with Gasteiger partial charge in [-0.2, -0.15) is 5.10 Å². The molecule has 1 atom stereocenters. The Morgan fingerprint density at radius 3 is 2.59 bits per heavy atom. The second-order valence-corrected chi connectivity index (χ2v) is 7.36. The molecule has 0 saturated carbocycles. The predicted octanol–water partition coefficient (Wildman–Crippen LogP) is 3.36. The standard InChI is InChI=1S/C19H19N5O4S/c1-12-10-18(23(22-12)14-5-7-15(8-6-14)24(27)28)21-19(26)11-16(20-13(2)25)17-4-3-9-29-17/h3-10,16H,11H2,1-2H3,(H,20,25)(H,21,26). The Kier molecular flexibility index (Phi) is 6.03. The summed E-state index contributed by atoms with van der Waals surface area (Å²) in [5.74, 6) is -0.0720. The van der Waals surface area contributed by atoms with Gasteiger partial charge in [0, 0.05) is 30.0 Å². The van der Waals surface area contributed by atoms with Gasteiger partial charge < -0.3 is 10.6 Å². The van der Waals surface area contributed by atoms with E-state index in [1.165, 1.54) is 35.1 Å². The number of nitro benzene ring substituents is 1. The van der Waals surface area contributed by atoms with Crippen LogP contribution in [-0.2, 0) is 9.59 Å². The zero-order chi connectivity index (χ0) is 21.0. The molecule has 0 aliphatic rings. The third kappa shape index (κ3) is 5.05. The minimum atomic E-state index is -0.479. The maximum absolute atomic E-state index is 12.6. The number of rotatable bonds is 7. The molecule has 0 spiro atoms. The van der Waals surface area contributed by atoms with Gasteiger partial charge in [-0.05, 0) is 30.5 Å². The summed E-state index contributed by atoms with van der Waals surface area (Å²) in [5.41, 5.74) is 1.23. The van der Waals surface area contributed by atoms with E-state index in [1.807, 2.05) is 17.5 Å². The highest BCUT2D eigenvalue weighted by molar-refractivity contribution is 7.10. The Morgan fingerprint density at radius 2 is 2.00 bits per heavy atom. The molecule has 2 N–H and O–H groups in total. The van der Waals surface area contributed by atoms with Crippen molar-refractivity contribution in [3.63, 3.8) is 0 Å². The van der Waals surface area contributed by atoms with Crippen LogP contribution in [0.2, 0.25) is 0 Å². The summed E-state index contributed by atoms with van der Waals surface area (Å²) in [7, 11) is 0. The number of carbonyl (C=O) groups is 2. The van der Waals surface area contributed by atoms with Gasteiger partial charge in [0.2, 0.25) is 11.8 Å². The Balaban J connectivity index is 1.78. The first-order chi connectivity index (χ1) is 13.8. The highest BCUT2D eigenvalue weighted by Crippen LogP contribution is 2.24. The van der Waals surface area contributed by atoms with E-state index in [-0.39, 0.29) is 23.9 Å². The topological polar surface area (TPSA) is 119 Å². The average Bonchev–Trinajstić information content (AvgIpc) is 3.31. The largest absolute Gasteiger partial charge is 0.348 e. The quantitative estimate of drug-likeness (QED) is 0.455. The van der Waals surface area contributed by atoms with Crippen LogP contribution in [0.5, 0.6) is 0 Å². The Labute approximate surface area is 170 Å². The Bertz CT molecular complexity index is 1030. The number of aryl methyl sites for hydroxylation is 1. The van der Waals surface area contributed by atoms with E-state index in [2.05, 4.69) is 15.7 Å². The van der Waals surface area contributed by atoms with E-state index in [4.69, 9.17) is 0 Å². The van der Waals surface area contributed by atoms with E-state index in [1.54, 1.807) is 25.1 Å². The number of nitrogens with zero attached hydrogens (tertiary/aromatic N) is 3. The van der Waals surface area contributed by atoms with E-state index in [0.29, 0.717) is 17.2 Å². The first-order valence-corrected chi connectivity index (χ1v) is 9.63. The Hall–Kier alpha value is -3.53. The van der Waals surface area contributed by atoms with Crippen molar-refractivity contribution in [1.29, 1.82) is 0 Å². The molecule has 2 heterocycles. The molecular formula is C19H19N5O4S. The molecule has 29 heavy (non-hydrogen) atoms. The first kappa shape index (κ1) is 20.2. The van der Waals surface area contributed by atoms with Crippen LogP contribution in [0.15, 0.2) is 47.8 Å². The molecule has 3 rings (SSSR count). The summed E-state index contributed by atoms with van der Waals surface area (Å²) >= 11 is 1.46. The van der Waals surface area contributed by atoms with Crippen molar-refractivity contribution >= 4 is 34.7 Å². The smallest absolute Gasteiger partial charge is 0.269 e. The molecular weight excluding hydrogens is 394 g/mol. The number of non-ortho nitro benzene ring substituents is 1. The summed E-state index contributed by atoms with van der Waals surface area (Å²) in [6.07, 6.45) is 0.0601. The lowest BCUT2D eigenvalue weighted by molar-refractivity contribution is -0.384. The van der Waals surface area contributed by atoms with Crippen molar-refractivity contribution in [3.05, 3.63) is 68.5 Å². The van der Waals surface area contributed by atoms with Gasteiger partial charge in [-0.25, -0.2) is 4.68 Å². The van der Waals surface area contributed by atoms with E-state index in [9.17, 15) is 19.7 Å². The molecule has 0 saturated heterocycles. The minimum absolute atomic E-state index is 0.0303. The third-order valence-corrected chi connectivity index (χ3v) is 5.04. The number of amides is 2. The Morgan fingerprint density at radius 1 is 1.28 bits per heavy atom. The van der Waals surface area contributed by atoms with Crippen LogP contribution in [0.25, 0.3) is 5.69 Å². The fraction of sp³-hybridized carbons (Fsp3) is 0.211. The molecule has 0 radical (unpaired) electrons. The number of thiophene rings is 1. The summed E-state index contributed by atoms with van der Waals surface area (Å²) in [4.78, 5) is 35.4. The number of anilines is 1. The van der Waals surface area contributed by atoms with Gasteiger partial charge >= 0.3 is 0 Å². The third-order valence-electron chi connectivity index (χ3n) is 4.06. The predicted molar refractivity (Wildman–Crippen MR) is 109 cm³/mol. The summed E-state index contributed by atoms with van der Waals surface area (Å²) in [6, 6.07) is 10.9. The van der Waals surface area contributed by atoms with Crippen molar-refractivity contribution in [1.82, 2.24) is 15.1 Å². The molecule has 1 unspecified atom stereocenters. The highest BCUT2D eigenvalue weighted by atomic mass is 32.1. The zero-order valence-corrected chi connectivity index (χ0v) is 16.6. The number of aromatic nitrogens is 2. The molecule has 3 aromatic rings. The van der Waals surface area contributed by atoms with Gasteiger partial charge in [-0.1, -0.05) is 6.07 Å². The molecule has 10 heteroatoms. The second kappa shape index (κ2) is 8.65. The van der Waals surface area contributed by atoms with Crippen molar-refractivity contribution in [2.45, 2.75) is 26.3 Å². The van der Waals surface area contributed by atoms with E-state index < -0.39 is 11.0 Å². The van der Waals surface area contributed by atoms with Gasteiger partial charge in [0.25, 0.3) is 5.69 Å². The lowest BCUT2D eigenvalue weighted by atomic mass is 10.1. The van der Waals surface area contributed by atoms with Crippen molar-refractivity contribution < 1.29 is 14.5 Å². The summed E-state index contributed by atoms with van der Waals surface area (Å²) < 4.78 is 1.51. The molecule has 9 nitrogen and oxygen atoms in total. The molecule has 0 aliphatic heterocycles. The van der Waals surface area contributed by atoms with Crippen LogP contribution in [0.4, 0.5) is 11.5 Å². The van der Waals surface area contributed by atoms with Crippen LogP contribution in [0, 0.1) is 17.0 Å². The first-order valence-electron chi connectivity index (χ1n) is 8.75. The molecule has 0 aliphatic carbocycles. The highest BCUT2D eigenvalue weighted by Gasteiger charge is 2.20. The number of nitro groups is 1. The lowest BCUT2D eigenvalue weighted by Gasteiger charge is -2.16. The second-order valence-electron chi connectivity index (χ2n) is 6.38. The van der Waals surface area contributed by atoms with Gasteiger partial charge in [0.1, 0.15) is 5.82 Å². The average molecular weight is 413 g/mol. The van der Waals surface area contributed by atoms with Gasteiger partial charge in [0.05, 0.1) is 28.8 Å². The molecule has 150 valence electrons. The molecule has 0 bridgehead atoms. The fourth-order valence-corrected chi connectivity index (χ4v) is 3.62. The normalized spacial score (nSPS) is 11.7. The van der Waals surface area contributed by atoms with Crippen LogP contribution in [-0.4, -0.2) is 26.5 Å². The van der Waals surface area contributed by atoms with Gasteiger partial charge in [-0.15, -0.1) is 11.3 Å². The van der Waals surface area contributed by atoms with Crippen LogP contribution in [0.1, 0.15) is 30.0 Å². The number of nitrogens with one attached hydrogen (secondary N) is 2. The van der Waals surface area contributed by atoms with Crippen LogP contribution >= 0.6 is 11.3 Å². The fourth-order valence-electron chi connectivity index (χ4n) is 2.84. The zero-order valence-electron chi connectivity index (χ0n) is 15.8. The molecule has 0 fully saturated rings. The van der Waals surface area contributed by atoms with E-state index in [0.717, 1.165) is 4.88 Å². The van der Waals surface area contributed by atoms with Crippen LogP contribution in [0.3, 0.4) is 0 Å². The maximum Gasteiger partial charge on any atom is 0.269 e. The number of benzene rings is 1.